The van der Waals surface area contributed by atoms with Gasteiger partial charge in [-0.1, -0.05) is 62.7 Å². The van der Waals surface area contributed by atoms with Crippen LogP contribution in [0.2, 0.25) is 0 Å². The molecule has 0 saturated carbocycles. The molecule has 2 amide bonds. The third-order valence-electron chi connectivity index (χ3n) is 9.12. The van der Waals surface area contributed by atoms with Crippen molar-refractivity contribution in [1.82, 2.24) is 35.0 Å². The smallest absolute Gasteiger partial charge is 0.320 e. The maximum absolute atomic E-state index is 13.5. The zero-order valence-electron chi connectivity index (χ0n) is 27.0. The van der Waals surface area contributed by atoms with E-state index in [4.69, 9.17) is 9.84 Å². The van der Waals surface area contributed by atoms with Crippen molar-refractivity contribution in [1.29, 1.82) is 0 Å². The number of benzene rings is 2. The van der Waals surface area contributed by atoms with E-state index in [0.717, 1.165) is 78.5 Å². The minimum absolute atomic E-state index is 0.133. The van der Waals surface area contributed by atoms with Crippen LogP contribution >= 0.6 is 0 Å². The van der Waals surface area contributed by atoms with Gasteiger partial charge < -0.3 is 15.4 Å². The summed E-state index contributed by atoms with van der Waals surface area (Å²) in [4.78, 5) is 13.5. The van der Waals surface area contributed by atoms with E-state index in [0.29, 0.717) is 11.7 Å². The van der Waals surface area contributed by atoms with Gasteiger partial charge in [0.1, 0.15) is 23.5 Å². The number of amides is 2. The van der Waals surface area contributed by atoms with Crippen molar-refractivity contribution < 1.29 is 9.53 Å². The zero-order valence-corrected chi connectivity index (χ0v) is 27.0. The highest BCUT2D eigenvalue weighted by Gasteiger charge is 2.30. The van der Waals surface area contributed by atoms with Crippen molar-refractivity contribution in [3.63, 3.8) is 0 Å². The minimum Gasteiger partial charge on any atom is -0.484 e. The molecule has 2 atom stereocenters. The Labute approximate surface area is 269 Å². The Kier molecular flexibility index (Phi) is 7.98. The number of fused-ring (bicyclic) bond motifs is 2. The second-order valence-electron chi connectivity index (χ2n) is 13.6. The van der Waals surface area contributed by atoms with Gasteiger partial charge >= 0.3 is 6.03 Å². The number of hydrogen-bond donors (Lipinski definition) is 3. The molecule has 3 N–H and O–H groups in total. The van der Waals surface area contributed by atoms with Crippen LogP contribution in [0.3, 0.4) is 0 Å². The number of aromatic nitrogens is 5. The molecular formula is C36H42N8O2. The lowest BCUT2D eigenvalue weighted by atomic mass is 9.85. The molecule has 7 rings (SSSR count). The predicted octanol–water partition coefficient (Wildman–Crippen LogP) is 6.76. The molecule has 0 bridgehead atoms. The molecule has 4 heterocycles. The van der Waals surface area contributed by atoms with E-state index in [1.165, 1.54) is 5.56 Å². The highest BCUT2D eigenvalue weighted by atomic mass is 16.5. The molecule has 2 aromatic carbocycles. The summed E-state index contributed by atoms with van der Waals surface area (Å²) >= 11 is 0. The minimum atomic E-state index is -0.267. The second-order valence-corrected chi connectivity index (χ2v) is 13.6. The number of urea groups is 1. The molecule has 10 nitrogen and oxygen atoms in total. The van der Waals surface area contributed by atoms with E-state index >= 15 is 0 Å². The summed E-state index contributed by atoms with van der Waals surface area (Å²) in [6.45, 7) is 10.4. The number of anilines is 1. The van der Waals surface area contributed by atoms with Crippen LogP contribution in [-0.4, -0.2) is 43.5 Å². The van der Waals surface area contributed by atoms with Crippen molar-refractivity contribution >= 4 is 17.5 Å². The van der Waals surface area contributed by atoms with E-state index in [-0.39, 0.29) is 23.6 Å². The molecule has 238 valence electrons. The predicted molar refractivity (Wildman–Crippen MR) is 179 cm³/mol. The quantitative estimate of drug-likeness (QED) is 0.194. The van der Waals surface area contributed by atoms with Crippen LogP contribution in [0.15, 0.2) is 72.9 Å². The molecule has 1 fully saturated rings. The largest absolute Gasteiger partial charge is 0.484 e. The normalized spacial score (nSPS) is 18.7. The van der Waals surface area contributed by atoms with Crippen LogP contribution in [-0.2, 0) is 5.41 Å². The molecule has 0 unspecified atom stereocenters. The first-order valence-electron chi connectivity index (χ1n) is 16.3. The van der Waals surface area contributed by atoms with Gasteiger partial charge in [0.25, 0.3) is 0 Å². The highest BCUT2D eigenvalue weighted by Crippen LogP contribution is 2.39. The number of nitrogens with zero attached hydrogens (tertiary/aromatic N) is 5. The first-order chi connectivity index (χ1) is 22.2. The molecule has 1 aliphatic heterocycles. The fourth-order valence-electron chi connectivity index (χ4n) is 6.53. The maximum atomic E-state index is 13.5. The number of carbonyl (C=O) groups excluding carboxylic acids is 1. The molecule has 0 spiro atoms. The standard InChI is InChI=1S/C36H42N8O2/c1-23-9-11-25(12-10-23)44-33(21-31(42-44)36(2,3)4)39-35(45)38-29-14-15-30(28-8-6-5-7-27(28)29)46-26-13-16-32-40-41-34(43(32)22-26)24-17-19-37-20-18-24/h5-13,16,21-22,24,29-30,37H,14-15,17-20H2,1-4H3,(H2,38,39,45)/t29-,30+/m0/s1. The summed E-state index contributed by atoms with van der Waals surface area (Å²) in [5, 5.41) is 23.6. The van der Waals surface area contributed by atoms with Gasteiger partial charge in [0.15, 0.2) is 5.65 Å². The van der Waals surface area contributed by atoms with E-state index < -0.39 is 0 Å². The van der Waals surface area contributed by atoms with Crippen LogP contribution in [0.25, 0.3) is 11.3 Å². The molecular weight excluding hydrogens is 576 g/mol. The van der Waals surface area contributed by atoms with E-state index in [1.54, 1.807) is 0 Å². The number of ether oxygens (including phenoxy) is 1. The van der Waals surface area contributed by atoms with Crippen molar-refractivity contribution in [3.8, 4) is 11.4 Å². The number of piperidine rings is 1. The Morgan fingerprint density at radius 1 is 0.935 bits per heavy atom. The van der Waals surface area contributed by atoms with E-state index in [2.05, 4.69) is 70.4 Å². The maximum Gasteiger partial charge on any atom is 0.320 e. The summed E-state index contributed by atoms with van der Waals surface area (Å²) in [5.74, 6) is 2.80. The molecule has 46 heavy (non-hydrogen) atoms. The topological polar surface area (TPSA) is 110 Å². The van der Waals surface area contributed by atoms with Crippen LogP contribution in [0, 0.1) is 6.92 Å². The highest BCUT2D eigenvalue weighted by molar-refractivity contribution is 5.89. The fourth-order valence-corrected chi connectivity index (χ4v) is 6.53. The van der Waals surface area contributed by atoms with Crippen LogP contribution in [0.5, 0.6) is 5.75 Å². The van der Waals surface area contributed by atoms with Crippen LogP contribution < -0.4 is 20.7 Å². The first-order valence-corrected chi connectivity index (χ1v) is 16.3. The van der Waals surface area contributed by atoms with Gasteiger partial charge in [-0.05, 0) is 81.1 Å². The zero-order chi connectivity index (χ0) is 31.8. The number of nitrogens with one attached hydrogen (secondary N) is 3. The monoisotopic (exact) mass is 618 g/mol. The Morgan fingerprint density at radius 2 is 1.70 bits per heavy atom. The lowest BCUT2D eigenvalue weighted by molar-refractivity contribution is 0.171. The number of hydrogen-bond acceptors (Lipinski definition) is 6. The molecule has 1 aliphatic carbocycles. The fraction of sp³-hybridized carbons (Fsp3) is 0.389. The summed E-state index contributed by atoms with van der Waals surface area (Å²) in [7, 11) is 0. The average molecular weight is 619 g/mol. The summed E-state index contributed by atoms with van der Waals surface area (Å²) in [6, 6.07) is 21.9. The van der Waals surface area contributed by atoms with Crippen molar-refractivity contribution in [3.05, 3.63) is 101 Å². The van der Waals surface area contributed by atoms with Gasteiger partial charge in [-0.2, -0.15) is 5.10 Å². The van der Waals surface area contributed by atoms with Gasteiger partial charge in [0, 0.05) is 17.4 Å². The Balaban J connectivity index is 1.09. The molecule has 0 radical (unpaired) electrons. The van der Waals surface area contributed by atoms with Gasteiger partial charge in [-0.3, -0.25) is 9.72 Å². The summed E-state index contributed by atoms with van der Waals surface area (Å²) in [5.41, 5.74) is 5.77. The lowest BCUT2D eigenvalue weighted by Crippen LogP contribution is -2.36. The molecule has 5 aromatic rings. The molecule has 1 saturated heterocycles. The number of rotatable bonds is 6. The van der Waals surface area contributed by atoms with Crippen LogP contribution in [0.4, 0.5) is 10.6 Å². The third-order valence-corrected chi connectivity index (χ3v) is 9.12. The Bertz CT molecular complexity index is 1850. The molecule has 3 aromatic heterocycles. The average Bonchev–Trinajstić information content (AvgIpc) is 3.68. The number of aryl methyl sites for hydroxylation is 1. The van der Waals surface area contributed by atoms with E-state index in [1.807, 2.05) is 65.5 Å². The van der Waals surface area contributed by atoms with Crippen molar-refractivity contribution in [2.45, 2.75) is 76.9 Å². The molecule has 2 aliphatic rings. The van der Waals surface area contributed by atoms with Gasteiger partial charge in [0.2, 0.25) is 0 Å². The van der Waals surface area contributed by atoms with Gasteiger partial charge in [0.05, 0.1) is 23.6 Å². The second kappa shape index (κ2) is 12.2. The summed E-state index contributed by atoms with van der Waals surface area (Å²) in [6.07, 6.45) is 5.50. The van der Waals surface area contributed by atoms with Crippen LogP contribution in [0.1, 0.15) is 92.7 Å². The van der Waals surface area contributed by atoms with Gasteiger partial charge in [-0.25, -0.2) is 9.48 Å². The number of pyridine rings is 1. The Morgan fingerprint density at radius 3 is 2.46 bits per heavy atom. The SMILES string of the molecule is Cc1ccc(-n2nc(C(C)(C)C)cc2NC(=O)N[C@H]2CC[C@@H](Oc3ccc4nnc(C5CCNCC5)n4c3)c3ccccc32)cc1. The van der Waals surface area contributed by atoms with Gasteiger partial charge in [-0.15, -0.1) is 10.2 Å². The molecule has 10 heteroatoms. The summed E-state index contributed by atoms with van der Waals surface area (Å²) < 4.78 is 10.5. The van der Waals surface area contributed by atoms with Crippen molar-refractivity contribution in [2.75, 3.05) is 18.4 Å². The first kappa shape index (κ1) is 30.0. The number of carbonyl (C=O) groups is 1. The Hall–Kier alpha value is -4.70. The van der Waals surface area contributed by atoms with E-state index in [9.17, 15) is 4.79 Å². The third kappa shape index (κ3) is 6.09. The van der Waals surface area contributed by atoms with Crippen molar-refractivity contribution in [2.24, 2.45) is 0 Å². The lowest BCUT2D eigenvalue weighted by Gasteiger charge is -2.32.